The lowest BCUT2D eigenvalue weighted by Gasteiger charge is -2.16. The van der Waals surface area contributed by atoms with Crippen molar-refractivity contribution in [2.24, 2.45) is 12.2 Å². The highest BCUT2D eigenvalue weighted by molar-refractivity contribution is 7.89. The number of carbonyl (C=O) groups excluding carboxylic acids is 1. The van der Waals surface area contributed by atoms with Crippen LogP contribution in [0.25, 0.3) is 0 Å². The van der Waals surface area contributed by atoms with Crippen LogP contribution in [0, 0.1) is 0 Å². The first-order valence-electron chi connectivity index (χ1n) is 5.89. The summed E-state index contributed by atoms with van der Waals surface area (Å²) in [5.74, 6) is -0.460. The van der Waals surface area contributed by atoms with E-state index in [1.54, 1.807) is 7.05 Å². The highest BCUT2D eigenvalue weighted by Gasteiger charge is 2.19. The van der Waals surface area contributed by atoms with Gasteiger partial charge in [0.25, 0.3) is 5.91 Å². The van der Waals surface area contributed by atoms with Gasteiger partial charge in [-0.25, -0.2) is 13.6 Å². The smallest absolute Gasteiger partial charge is 0.268 e. The Morgan fingerprint density at radius 3 is 2.70 bits per heavy atom. The van der Waals surface area contributed by atoms with E-state index in [1.807, 2.05) is 0 Å². The number of hydrogen-bond acceptors (Lipinski definition) is 5. The van der Waals surface area contributed by atoms with Gasteiger partial charge in [-0.15, -0.1) is 0 Å². The van der Waals surface area contributed by atoms with Crippen molar-refractivity contribution >= 4 is 15.9 Å². The first-order valence-corrected chi connectivity index (χ1v) is 7.44. The molecule has 1 unspecified atom stereocenters. The van der Waals surface area contributed by atoms with Crippen LogP contribution >= 0.6 is 0 Å². The zero-order valence-electron chi connectivity index (χ0n) is 11.4. The number of primary sulfonamides is 1. The van der Waals surface area contributed by atoms with Crippen LogP contribution in [0.2, 0.25) is 0 Å². The monoisotopic (exact) mass is 305 g/mol. The molecule has 0 saturated carbocycles. The highest BCUT2D eigenvalue weighted by atomic mass is 32.2. The second-order valence-corrected chi connectivity index (χ2v) is 5.92. The predicted octanol–water partition coefficient (Wildman–Crippen LogP) is -1.20. The summed E-state index contributed by atoms with van der Waals surface area (Å²) in [4.78, 5) is 11.9. The van der Waals surface area contributed by atoms with Crippen molar-refractivity contribution in [1.82, 2.24) is 9.88 Å². The molecule has 1 rings (SSSR count). The van der Waals surface area contributed by atoms with Crippen molar-refractivity contribution in [2.75, 3.05) is 20.3 Å². The molecule has 0 spiro atoms. The summed E-state index contributed by atoms with van der Waals surface area (Å²) in [6.45, 7) is 0.155. The number of nitrogens with two attached hydrogens (primary N) is 1. The Hall–Kier alpha value is -1.42. The van der Waals surface area contributed by atoms with Crippen LogP contribution in [0.15, 0.2) is 17.2 Å². The molecule has 0 bridgehead atoms. The third-order valence-corrected chi connectivity index (χ3v) is 3.60. The van der Waals surface area contributed by atoms with Gasteiger partial charge in [0.05, 0.1) is 12.6 Å². The van der Waals surface area contributed by atoms with Crippen molar-refractivity contribution in [1.29, 1.82) is 0 Å². The van der Waals surface area contributed by atoms with Crippen molar-refractivity contribution < 1.29 is 23.1 Å². The summed E-state index contributed by atoms with van der Waals surface area (Å²) in [5.41, 5.74) is 0.160. The van der Waals surface area contributed by atoms with Gasteiger partial charge >= 0.3 is 0 Å². The molecule has 20 heavy (non-hydrogen) atoms. The maximum Gasteiger partial charge on any atom is 0.268 e. The largest absolute Gasteiger partial charge is 0.396 e. The molecule has 1 aromatic rings. The maximum absolute atomic E-state index is 12.1. The van der Waals surface area contributed by atoms with Crippen molar-refractivity contribution in [3.8, 4) is 0 Å². The Balaban J connectivity index is 2.89. The van der Waals surface area contributed by atoms with Gasteiger partial charge in [0.15, 0.2) is 0 Å². The van der Waals surface area contributed by atoms with Crippen LogP contribution < -0.4 is 10.5 Å². The molecule has 1 amide bonds. The summed E-state index contributed by atoms with van der Waals surface area (Å²) < 4.78 is 28.8. The minimum absolute atomic E-state index is 0.0934. The van der Waals surface area contributed by atoms with E-state index in [1.165, 1.54) is 23.9 Å². The zero-order chi connectivity index (χ0) is 15.3. The Morgan fingerprint density at radius 2 is 2.25 bits per heavy atom. The number of aromatic nitrogens is 1. The predicted molar refractivity (Wildman–Crippen MR) is 71.6 cm³/mol. The lowest BCUT2D eigenvalue weighted by atomic mass is 10.2. The number of aryl methyl sites for hydroxylation is 1. The molecule has 0 aromatic carbocycles. The number of amides is 1. The minimum atomic E-state index is -3.85. The summed E-state index contributed by atoms with van der Waals surface area (Å²) >= 11 is 0. The number of rotatable bonds is 7. The summed E-state index contributed by atoms with van der Waals surface area (Å²) in [6.07, 6.45) is 1.60. The molecule has 114 valence electrons. The molecular weight excluding hydrogens is 286 g/mol. The van der Waals surface area contributed by atoms with Crippen LogP contribution in [0.4, 0.5) is 0 Å². The lowest BCUT2D eigenvalue weighted by Crippen LogP contribution is -2.39. The van der Waals surface area contributed by atoms with Gasteiger partial charge in [-0.1, -0.05) is 0 Å². The number of aliphatic hydroxyl groups excluding tert-OH is 1. The number of nitrogens with one attached hydrogen (secondary N) is 1. The number of methoxy groups -OCH3 is 1. The molecule has 0 aliphatic heterocycles. The quantitative estimate of drug-likeness (QED) is 0.584. The van der Waals surface area contributed by atoms with Crippen molar-refractivity contribution in [3.63, 3.8) is 0 Å². The Kier molecular flexibility index (Phi) is 5.69. The molecule has 0 aliphatic rings. The SMILES string of the molecule is COCC(CCO)NC(=O)c1cc(S(N)(=O)=O)cn1C. The van der Waals surface area contributed by atoms with E-state index in [0.717, 1.165) is 0 Å². The normalized spacial score (nSPS) is 13.2. The van der Waals surface area contributed by atoms with Crippen LogP contribution in [-0.4, -0.2) is 50.4 Å². The Morgan fingerprint density at radius 1 is 1.60 bits per heavy atom. The fourth-order valence-electron chi connectivity index (χ4n) is 1.73. The number of sulfonamides is 1. The standard InChI is InChI=1S/C11H19N3O5S/c1-14-6-9(20(12,17)18)5-10(14)11(16)13-8(3-4-15)7-19-2/h5-6,8,15H,3-4,7H2,1-2H3,(H,13,16)(H2,12,17,18). The van der Waals surface area contributed by atoms with Crippen LogP contribution in [0.5, 0.6) is 0 Å². The summed E-state index contributed by atoms with van der Waals surface area (Å²) in [6, 6.07) is 0.846. The number of aliphatic hydroxyl groups is 1. The molecule has 0 saturated heterocycles. The first kappa shape index (κ1) is 16.6. The van der Waals surface area contributed by atoms with Crippen molar-refractivity contribution in [3.05, 3.63) is 18.0 Å². The van der Waals surface area contributed by atoms with Crippen LogP contribution in [0.1, 0.15) is 16.9 Å². The summed E-state index contributed by atoms with van der Waals surface area (Å²) in [5, 5.41) is 16.6. The van der Waals surface area contributed by atoms with Gasteiger partial charge in [-0.3, -0.25) is 4.79 Å². The van der Waals surface area contributed by atoms with E-state index >= 15 is 0 Å². The molecule has 0 fully saturated rings. The van der Waals surface area contributed by atoms with E-state index in [4.69, 9.17) is 15.0 Å². The molecular formula is C11H19N3O5S. The molecule has 4 N–H and O–H groups in total. The van der Waals surface area contributed by atoms with E-state index < -0.39 is 15.9 Å². The molecule has 1 heterocycles. The second kappa shape index (κ2) is 6.84. The van der Waals surface area contributed by atoms with Gasteiger partial charge in [-0.05, 0) is 12.5 Å². The minimum Gasteiger partial charge on any atom is -0.396 e. The number of hydrogen-bond donors (Lipinski definition) is 3. The molecule has 8 nitrogen and oxygen atoms in total. The molecule has 0 aliphatic carbocycles. The fourth-order valence-corrected chi connectivity index (χ4v) is 2.31. The van der Waals surface area contributed by atoms with E-state index in [9.17, 15) is 13.2 Å². The van der Waals surface area contributed by atoms with Gasteiger partial charge in [0.1, 0.15) is 10.6 Å². The molecule has 9 heteroatoms. The van der Waals surface area contributed by atoms with Gasteiger partial charge < -0.3 is 19.7 Å². The Bertz CT molecular complexity index is 561. The van der Waals surface area contributed by atoms with E-state index in [0.29, 0.717) is 6.42 Å². The van der Waals surface area contributed by atoms with Crippen molar-refractivity contribution in [2.45, 2.75) is 17.4 Å². The average molecular weight is 305 g/mol. The first-order chi connectivity index (χ1) is 9.29. The van der Waals surface area contributed by atoms with Gasteiger partial charge in [-0.2, -0.15) is 0 Å². The van der Waals surface area contributed by atoms with Crippen LogP contribution in [0.3, 0.4) is 0 Å². The van der Waals surface area contributed by atoms with Crippen LogP contribution in [-0.2, 0) is 21.8 Å². The molecule has 1 aromatic heterocycles. The topological polar surface area (TPSA) is 124 Å². The maximum atomic E-state index is 12.1. The zero-order valence-corrected chi connectivity index (χ0v) is 12.2. The van der Waals surface area contributed by atoms with E-state index in [2.05, 4.69) is 5.32 Å². The van der Waals surface area contributed by atoms with E-state index in [-0.39, 0.29) is 29.8 Å². The average Bonchev–Trinajstić information content (AvgIpc) is 2.72. The fraction of sp³-hybridized carbons (Fsp3) is 0.545. The molecule has 1 atom stereocenters. The second-order valence-electron chi connectivity index (χ2n) is 4.35. The number of ether oxygens (including phenoxy) is 1. The highest BCUT2D eigenvalue weighted by Crippen LogP contribution is 2.12. The third kappa shape index (κ3) is 4.30. The third-order valence-electron chi connectivity index (χ3n) is 2.72. The summed E-state index contributed by atoms with van der Waals surface area (Å²) in [7, 11) is -0.826. The van der Waals surface area contributed by atoms with Gasteiger partial charge in [0, 0.05) is 27.0 Å². The Labute approximate surface area is 117 Å². The number of carbonyl (C=O) groups is 1. The lowest BCUT2D eigenvalue weighted by molar-refractivity contribution is 0.0870. The van der Waals surface area contributed by atoms with Gasteiger partial charge in [0.2, 0.25) is 10.0 Å². The molecule has 0 radical (unpaired) electrons. The number of nitrogens with zero attached hydrogens (tertiary/aromatic N) is 1.